The summed E-state index contributed by atoms with van der Waals surface area (Å²) in [5.74, 6) is 0.258. The van der Waals surface area contributed by atoms with E-state index in [0.29, 0.717) is 0 Å². The molecule has 1 atom stereocenters. The van der Waals surface area contributed by atoms with Crippen molar-refractivity contribution in [2.45, 2.75) is 24.1 Å². The number of rotatable bonds is 5. The third-order valence-corrected chi connectivity index (χ3v) is 4.43. The monoisotopic (exact) mass is 324 g/mol. The van der Waals surface area contributed by atoms with Crippen molar-refractivity contribution in [1.82, 2.24) is 4.90 Å². The smallest absolute Gasteiger partial charge is 0.236 e. The molecule has 1 saturated heterocycles. The van der Waals surface area contributed by atoms with Crippen molar-refractivity contribution in [1.29, 1.82) is 0 Å². The molecule has 1 aliphatic rings. The van der Waals surface area contributed by atoms with Gasteiger partial charge in [0.2, 0.25) is 5.91 Å². The summed E-state index contributed by atoms with van der Waals surface area (Å²) in [7, 11) is 2.10. The molecule has 1 fully saturated rings. The second-order valence-corrected chi connectivity index (χ2v) is 6.15. The second kappa shape index (κ2) is 6.94. The highest BCUT2D eigenvalue weighted by Crippen LogP contribution is 2.18. The van der Waals surface area contributed by atoms with Gasteiger partial charge in [0.25, 0.3) is 0 Å². The SMILES string of the molecule is CN(CCCN1CCCC(Br)C1=O)c1ccccc1. The number of carbonyl (C=O) groups is 1. The van der Waals surface area contributed by atoms with Crippen LogP contribution in [0.5, 0.6) is 0 Å². The van der Waals surface area contributed by atoms with Crippen molar-refractivity contribution in [3.8, 4) is 0 Å². The van der Waals surface area contributed by atoms with E-state index in [-0.39, 0.29) is 10.7 Å². The van der Waals surface area contributed by atoms with Gasteiger partial charge in [0.05, 0.1) is 4.83 Å². The number of alkyl halides is 1. The summed E-state index contributed by atoms with van der Waals surface area (Å²) in [6.45, 7) is 2.74. The van der Waals surface area contributed by atoms with Gasteiger partial charge in [-0.1, -0.05) is 34.1 Å². The van der Waals surface area contributed by atoms with Crippen LogP contribution in [0.15, 0.2) is 30.3 Å². The molecular formula is C15H21BrN2O. The minimum absolute atomic E-state index is 0.0353. The largest absolute Gasteiger partial charge is 0.375 e. The van der Waals surface area contributed by atoms with Gasteiger partial charge >= 0.3 is 0 Å². The van der Waals surface area contributed by atoms with E-state index >= 15 is 0 Å². The highest BCUT2D eigenvalue weighted by atomic mass is 79.9. The molecule has 0 N–H and O–H groups in total. The molecule has 4 heteroatoms. The zero-order valence-corrected chi connectivity index (χ0v) is 13.0. The first-order valence-electron chi connectivity index (χ1n) is 6.87. The average molecular weight is 325 g/mol. The number of hydrogen-bond acceptors (Lipinski definition) is 2. The van der Waals surface area contributed by atoms with Crippen LogP contribution in [0.1, 0.15) is 19.3 Å². The summed E-state index contributed by atoms with van der Waals surface area (Å²) in [4.78, 5) is 16.2. The lowest BCUT2D eigenvalue weighted by Gasteiger charge is -2.30. The molecule has 0 radical (unpaired) electrons. The topological polar surface area (TPSA) is 23.6 Å². The molecule has 1 aliphatic heterocycles. The van der Waals surface area contributed by atoms with E-state index in [0.717, 1.165) is 38.9 Å². The average Bonchev–Trinajstić information content (AvgIpc) is 2.44. The molecule has 1 aromatic rings. The number of hydrogen-bond donors (Lipinski definition) is 0. The predicted molar refractivity (Wildman–Crippen MR) is 82.9 cm³/mol. The molecule has 1 aromatic carbocycles. The number of likely N-dealkylation sites (tertiary alicyclic amines) is 1. The Kier molecular flexibility index (Phi) is 5.25. The lowest BCUT2D eigenvalue weighted by molar-refractivity contribution is -0.132. The van der Waals surface area contributed by atoms with Crippen molar-refractivity contribution >= 4 is 27.5 Å². The van der Waals surface area contributed by atoms with Crippen LogP contribution < -0.4 is 4.90 Å². The molecule has 0 spiro atoms. The van der Waals surface area contributed by atoms with E-state index < -0.39 is 0 Å². The molecule has 2 rings (SSSR count). The molecule has 19 heavy (non-hydrogen) atoms. The molecule has 1 unspecified atom stereocenters. The lowest BCUT2D eigenvalue weighted by Crippen LogP contribution is -2.42. The molecule has 0 saturated carbocycles. The van der Waals surface area contributed by atoms with Gasteiger partial charge in [-0.2, -0.15) is 0 Å². The maximum Gasteiger partial charge on any atom is 0.236 e. The van der Waals surface area contributed by atoms with Crippen molar-refractivity contribution in [2.24, 2.45) is 0 Å². The van der Waals surface area contributed by atoms with Gasteiger partial charge in [0, 0.05) is 32.4 Å². The highest BCUT2D eigenvalue weighted by molar-refractivity contribution is 9.10. The van der Waals surface area contributed by atoms with Gasteiger partial charge in [-0.3, -0.25) is 4.79 Å². The molecule has 3 nitrogen and oxygen atoms in total. The summed E-state index contributed by atoms with van der Waals surface area (Å²) in [6.07, 6.45) is 3.09. The molecular weight excluding hydrogens is 304 g/mol. The number of nitrogens with zero attached hydrogens (tertiary/aromatic N) is 2. The van der Waals surface area contributed by atoms with Gasteiger partial charge < -0.3 is 9.80 Å². The quantitative estimate of drug-likeness (QED) is 0.777. The second-order valence-electron chi connectivity index (χ2n) is 5.05. The molecule has 104 valence electrons. The first-order valence-corrected chi connectivity index (χ1v) is 7.79. The number of halogens is 1. The summed E-state index contributed by atoms with van der Waals surface area (Å²) in [6, 6.07) is 10.4. The Balaban J connectivity index is 1.76. The Bertz CT molecular complexity index is 410. The number of anilines is 1. The molecule has 0 bridgehead atoms. The third-order valence-electron chi connectivity index (χ3n) is 3.58. The normalized spacial score (nSPS) is 19.6. The summed E-state index contributed by atoms with van der Waals surface area (Å²) >= 11 is 3.45. The van der Waals surface area contributed by atoms with Crippen LogP contribution in [-0.4, -0.2) is 42.3 Å². The number of piperidine rings is 1. The van der Waals surface area contributed by atoms with Crippen LogP contribution in [0.3, 0.4) is 0 Å². The summed E-state index contributed by atoms with van der Waals surface area (Å²) in [5.41, 5.74) is 1.23. The number of para-hydroxylation sites is 1. The Morgan fingerprint density at radius 3 is 2.84 bits per heavy atom. The Morgan fingerprint density at radius 2 is 2.11 bits per heavy atom. The Hall–Kier alpha value is -1.03. The minimum atomic E-state index is 0.0353. The van der Waals surface area contributed by atoms with Crippen molar-refractivity contribution in [3.05, 3.63) is 30.3 Å². The molecule has 1 heterocycles. The minimum Gasteiger partial charge on any atom is -0.375 e. The maximum absolute atomic E-state index is 11.9. The van der Waals surface area contributed by atoms with Gasteiger partial charge in [0.15, 0.2) is 0 Å². The molecule has 0 aromatic heterocycles. The Morgan fingerprint density at radius 1 is 1.37 bits per heavy atom. The van der Waals surface area contributed by atoms with Crippen molar-refractivity contribution in [3.63, 3.8) is 0 Å². The zero-order valence-electron chi connectivity index (χ0n) is 11.4. The predicted octanol–water partition coefficient (Wildman–Crippen LogP) is 2.90. The maximum atomic E-state index is 11.9. The molecule has 0 aliphatic carbocycles. The highest BCUT2D eigenvalue weighted by Gasteiger charge is 2.25. The van der Waals surface area contributed by atoms with Gasteiger partial charge in [0.1, 0.15) is 0 Å². The molecule has 1 amide bonds. The fraction of sp³-hybridized carbons (Fsp3) is 0.533. The van der Waals surface area contributed by atoms with Gasteiger partial charge in [-0.25, -0.2) is 0 Å². The van der Waals surface area contributed by atoms with Crippen LogP contribution in [0.2, 0.25) is 0 Å². The van der Waals surface area contributed by atoms with E-state index in [1.54, 1.807) is 0 Å². The fourth-order valence-corrected chi connectivity index (χ4v) is 3.04. The number of carbonyl (C=O) groups excluding carboxylic acids is 1. The number of amides is 1. The zero-order chi connectivity index (χ0) is 13.7. The van der Waals surface area contributed by atoms with Gasteiger partial charge in [-0.15, -0.1) is 0 Å². The van der Waals surface area contributed by atoms with E-state index in [1.807, 2.05) is 11.0 Å². The van der Waals surface area contributed by atoms with Crippen molar-refractivity contribution in [2.75, 3.05) is 31.6 Å². The Labute approximate surface area is 123 Å². The van der Waals surface area contributed by atoms with E-state index in [4.69, 9.17) is 0 Å². The van der Waals surface area contributed by atoms with Crippen LogP contribution in [0, 0.1) is 0 Å². The van der Waals surface area contributed by atoms with Crippen LogP contribution in [-0.2, 0) is 4.79 Å². The van der Waals surface area contributed by atoms with Crippen LogP contribution >= 0.6 is 15.9 Å². The van der Waals surface area contributed by atoms with E-state index in [9.17, 15) is 4.79 Å². The first kappa shape index (κ1) is 14.4. The van der Waals surface area contributed by atoms with Crippen LogP contribution in [0.4, 0.5) is 5.69 Å². The summed E-state index contributed by atoms with van der Waals surface area (Å²) < 4.78 is 0. The standard InChI is InChI=1S/C15H21BrN2O/c1-17(13-7-3-2-4-8-13)10-6-12-18-11-5-9-14(16)15(18)19/h2-4,7-8,14H,5-6,9-12H2,1H3. The fourth-order valence-electron chi connectivity index (χ4n) is 2.43. The van der Waals surface area contributed by atoms with Crippen molar-refractivity contribution < 1.29 is 4.79 Å². The van der Waals surface area contributed by atoms with E-state index in [2.05, 4.69) is 52.1 Å². The number of benzene rings is 1. The van der Waals surface area contributed by atoms with E-state index in [1.165, 1.54) is 5.69 Å². The summed E-state index contributed by atoms with van der Waals surface area (Å²) in [5, 5.41) is 0. The third kappa shape index (κ3) is 3.96. The first-order chi connectivity index (χ1) is 9.18. The van der Waals surface area contributed by atoms with Gasteiger partial charge in [-0.05, 0) is 31.4 Å². The lowest BCUT2D eigenvalue weighted by atomic mass is 10.1. The van der Waals surface area contributed by atoms with Crippen LogP contribution in [0.25, 0.3) is 0 Å².